The zero-order valence-electron chi connectivity index (χ0n) is 14.2. The van der Waals surface area contributed by atoms with E-state index >= 15 is 0 Å². The Hall–Kier alpha value is -2.30. The molecular formula is C18H25N3O2. The molecule has 1 atom stereocenters. The van der Waals surface area contributed by atoms with Crippen LogP contribution in [0.1, 0.15) is 44.1 Å². The van der Waals surface area contributed by atoms with Gasteiger partial charge in [-0.1, -0.05) is 32.0 Å². The maximum atomic E-state index is 12.3. The van der Waals surface area contributed by atoms with Crippen LogP contribution in [0.2, 0.25) is 0 Å². The second kappa shape index (κ2) is 7.81. The fourth-order valence-corrected chi connectivity index (χ4v) is 2.49. The van der Waals surface area contributed by atoms with Crippen molar-refractivity contribution >= 4 is 5.91 Å². The number of hydrogen-bond acceptors (Lipinski definition) is 3. The van der Waals surface area contributed by atoms with Crippen LogP contribution in [-0.4, -0.2) is 22.6 Å². The van der Waals surface area contributed by atoms with Crippen LogP contribution >= 0.6 is 0 Å². The first-order valence-corrected chi connectivity index (χ1v) is 7.92. The van der Waals surface area contributed by atoms with E-state index in [1.807, 2.05) is 42.1 Å². The van der Waals surface area contributed by atoms with Crippen LogP contribution in [0.3, 0.4) is 0 Å². The summed E-state index contributed by atoms with van der Waals surface area (Å²) in [4.78, 5) is 16.8. The van der Waals surface area contributed by atoms with Gasteiger partial charge in [0.05, 0.1) is 7.11 Å². The SMILES string of the molecule is COc1ccccc1[C@@H](NC(=O)CCC(C)C)c1nccn1C. The van der Waals surface area contributed by atoms with Gasteiger partial charge in [-0.15, -0.1) is 0 Å². The summed E-state index contributed by atoms with van der Waals surface area (Å²) in [6.45, 7) is 4.23. The summed E-state index contributed by atoms with van der Waals surface area (Å²) in [5.41, 5.74) is 0.905. The monoisotopic (exact) mass is 315 g/mol. The molecule has 0 unspecified atom stereocenters. The van der Waals surface area contributed by atoms with Crippen LogP contribution in [0.4, 0.5) is 0 Å². The van der Waals surface area contributed by atoms with Gasteiger partial charge in [0.1, 0.15) is 17.6 Å². The van der Waals surface area contributed by atoms with E-state index in [0.29, 0.717) is 12.3 Å². The number of para-hydroxylation sites is 1. The number of aromatic nitrogens is 2. The van der Waals surface area contributed by atoms with Gasteiger partial charge in [0.25, 0.3) is 0 Å². The predicted octanol–water partition coefficient (Wildman–Crippen LogP) is 3.07. The lowest BCUT2D eigenvalue weighted by Crippen LogP contribution is -2.31. The van der Waals surface area contributed by atoms with Crippen molar-refractivity contribution < 1.29 is 9.53 Å². The van der Waals surface area contributed by atoms with Crippen molar-refractivity contribution in [3.8, 4) is 5.75 Å². The molecule has 1 amide bonds. The van der Waals surface area contributed by atoms with Gasteiger partial charge in [0.2, 0.25) is 5.91 Å². The number of hydrogen-bond donors (Lipinski definition) is 1. The van der Waals surface area contributed by atoms with Crippen LogP contribution in [0, 0.1) is 5.92 Å². The largest absolute Gasteiger partial charge is 0.496 e. The summed E-state index contributed by atoms with van der Waals surface area (Å²) < 4.78 is 7.37. The second-order valence-electron chi connectivity index (χ2n) is 6.07. The molecule has 23 heavy (non-hydrogen) atoms. The number of carbonyl (C=O) groups is 1. The Labute approximate surface area is 137 Å². The standard InChI is InChI=1S/C18H25N3O2/c1-13(2)9-10-16(22)20-17(18-19-11-12-21(18)3)14-7-5-6-8-15(14)23-4/h5-8,11-13,17H,9-10H2,1-4H3,(H,20,22)/t17-/m1/s1. The van der Waals surface area contributed by atoms with Crippen molar-refractivity contribution in [2.75, 3.05) is 7.11 Å². The molecule has 0 radical (unpaired) electrons. The van der Waals surface area contributed by atoms with Crippen molar-refractivity contribution in [2.24, 2.45) is 13.0 Å². The lowest BCUT2D eigenvalue weighted by atomic mass is 10.0. The van der Waals surface area contributed by atoms with Crippen molar-refractivity contribution in [3.63, 3.8) is 0 Å². The molecule has 0 spiro atoms. The van der Waals surface area contributed by atoms with Crippen LogP contribution in [-0.2, 0) is 11.8 Å². The van der Waals surface area contributed by atoms with Gasteiger partial charge in [0.15, 0.2) is 0 Å². The average Bonchev–Trinajstić information content (AvgIpc) is 2.96. The number of amides is 1. The third kappa shape index (κ3) is 4.34. The van der Waals surface area contributed by atoms with E-state index in [9.17, 15) is 4.79 Å². The average molecular weight is 315 g/mol. The highest BCUT2D eigenvalue weighted by Gasteiger charge is 2.23. The highest BCUT2D eigenvalue weighted by Crippen LogP contribution is 2.29. The molecule has 1 N–H and O–H groups in total. The van der Waals surface area contributed by atoms with E-state index in [2.05, 4.69) is 24.1 Å². The summed E-state index contributed by atoms with van der Waals surface area (Å²) in [5.74, 6) is 2.05. The van der Waals surface area contributed by atoms with Gasteiger partial charge in [-0.25, -0.2) is 4.98 Å². The Morgan fingerprint density at radius 1 is 1.35 bits per heavy atom. The van der Waals surface area contributed by atoms with Gasteiger partial charge in [-0.2, -0.15) is 0 Å². The first-order chi connectivity index (χ1) is 11.0. The first kappa shape index (κ1) is 17.1. The highest BCUT2D eigenvalue weighted by molar-refractivity contribution is 5.77. The van der Waals surface area contributed by atoms with Crippen molar-refractivity contribution in [2.45, 2.75) is 32.7 Å². The molecule has 1 aromatic carbocycles. The molecule has 0 aliphatic carbocycles. The molecule has 1 heterocycles. The molecule has 2 aromatic rings. The molecule has 0 saturated carbocycles. The van der Waals surface area contributed by atoms with Gasteiger partial charge in [-0.3, -0.25) is 4.79 Å². The number of ether oxygens (including phenoxy) is 1. The number of imidazole rings is 1. The number of aryl methyl sites for hydroxylation is 1. The number of nitrogens with zero attached hydrogens (tertiary/aromatic N) is 2. The van der Waals surface area contributed by atoms with E-state index in [0.717, 1.165) is 23.6 Å². The molecular weight excluding hydrogens is 290 g/mol. The molecule has 2 rings (SSSR count). The van der Waals surface area contributed by atoms with Crippen LogP contribution in [0.15, 0.2) is 36.7 Å². The van der Waals surface area contributed by atoms with Gasteiger partial charge in [0, 0.05) is 31.4 Å². The predicted molar refractivity (Wildman–Crippen MR) is 90.3 cm³/mol. The molecule has 5 nitrogen and oxygen atoms in total. The zero-order valence-corrected chi connectivity index (χ0v) is 14.2. The minimum Gasteiger partial charge on any atom is -0.496 e. The Bertz CT molecular complexity index is 649. The minimum atomic E-state index is -0.328. The van der Waals surface area contributed by atoms with Crippen molar-refractivity contribution in [1.82, 2.24) is 14.9 Å². The normalized spacial score (nSPS) is 12.2. The minimum absolute atomic E-state index is 0.0256. The summed E-state index contributed by atoms with van der Waals surface area (Å²) in [7, 11) is 3.56. The molecule has 0 saturated heterocycles. The van der Waals surface area contributed by atoms with Gasteiger partial charge in [-0.05, 0) is 18.4 Å². The smallest absolute Gasteiger partial charge is 0.220 e. The summed E-state index contributed by atoms with van der Waals surface area (Å²) >= 11 is 0. The third-order valence-corrected chi connectivity index (χ3v) is 3.82. The molecule has 0 aliphatic heterocycles. The lowest BCUT2D eigenvalue weighted by molar-refractivity contribution is -0.121. The lowest BCUT2D eigenvalue weighted by Gasteiger charge is -2.21. The fraction of sp³-hybridized carbons (Fsp3) is 0.444. The molecule has 0 aliphatic rings. The van der Waals surface area contributed by atoms with E-state index < -0.39 is 0 Å². The molecule has 0 bridgehead atoms. The Kier molecular flexibility index (Phi) is 5.79. The van der Waals surface area contributed by atoms with E-state index in [1.54, 1.807) is 13.3 Å². The maximum absolute atomic E-state index is 12.3. The number of benzene rings is 1. The molecule has 0 fully saturated rings. The topological polar surface area (TPSA) is 56.1 Å². The quantitative estimate of drug-likeness (QED) is 0.854. The van der Waals surface area contributed by atoms with Crippen molar-refractivity contribution in [3.05, 3.63) is 48.0 Å². The molecule has 124 valence electrons. The first-order valence-electron chi connectivity index (χ1n) is 7.92. The summed E-state index contributed by atoms with van der Waals surface area (Å²) in [5, 5.41) is 3.10. The molecule has 5 heteroatoms. The third-order valence-electron chi connectivity index (χ3n) is 3.82. The number of carbonyl (C=O) groups excluding carboxylic acids is 1. The van der Waals surface area contributed by atoms with Crippen LogP contribution < -0.4 is 10.1 Å². The van der Waals surface area contributed by atoms with Crippen LogP contribution in [0.25, 0.3) is 0 Å². The Morgan fingerprint density at radius 3 is 2.70 bits per heavy atom. The second-order valence-corrected chi connectivity index (χ2v) is 6.07. The Balaban J connectivity index is 2.30. The van der Waals surface area contributed by atoms with E-state index in [-0.39, 0.29) is 11.9 Å². The fourth-order valence-electron chi connectivity index (χ4n) is 2.49. The summed E-state index contributed by atoms with van der Waals surface area (Å²) in [6.07, 6.45) is 4.98. The number of rotatable bonds is 7. The van der Waals surface area contributed by atoms with Gasteiger partial charge >= 0.3 is 0 Å². The molecule has 1 aromatic heterocycles. The highest BCUT2D eigenvalue weighted by atomic mass is 16.5. The zero-order chi connectivity index (χ0) is 16.8. The Morgan fingerprint density at radius 2 is 2.09 bits per heavy atom. The van der Waals surface area contributed by atoms with E-state index in [4.69, 9.17) is 4.74 Å². The maximum Gasteiger partial charge on any atom is 0.220 e. The van der Waals surface area contributed by atoms with E-state index in [1.165, 1.54) is 0 Å². The van der Waals surface area contributed by atoms with Gasteiger partial charge < -0.3 is 14.6 Å². The van der Waals surface area contributed by atoms with Crippen molar-refractivity contribution in [1.29, 1.82) is 0 Å². The number of methoxy groups -OCH3 is 1. The van der Waals surface area contributed by atoms with Crippen LogP contribution in [0.5, 0.6) is 5.75 Å². The summed E-state index contributed by atoms with van der Waals surface area (Å²) in [6, 6.07) is 7.38. The number of nitrogens with one attached hydrogen (secondary N) is 1.